The van der Waals surface area contributed by atoms with Crippen LogP contribution in [0.5, 0.6) is 0 Å². The SMILES string of the molecule is CC(C)(C)C1CCC(c2ccccn2)CC1. The molecule has 0 radical (unpaired) electrons. The van der Waals surface area contributed by atoms with Gasteiger partial charge in [-0.3, -0.25) is 4.98 Å². The van der Waals surface area contributed by atoms with Gasteiger partial charge in [0.05, 0.1) is 0 Å². The highest BCUT2D eigenvalue weighted by Gasteiger charge is 2.30. The lowest BCUT2D eigenvalue weighted by atomic mass is 9.69. The smallest absolute Gasteiger partial charge is 0.0434 e. The first-order valence-electron chi connectivity index (χ1n) is 6.48. The lowest BCUT2D eigenvalue weighted by molar-refractivity contribution is 0.168. The van der Waals surface area contributed by atoms with Crippen LogP contribution in [0.1, 0.15) is 58.1 Å². The Kier molecular flexibility index (Phi) is 3.32. The zero-order chi connectivity index (χ0) is 11.6. The topological polar surface area (TPSA) is 12.9 Å². The largest absolute Gasteiger partial charge is 0.261 e. The summed E-state index contributed by atoms with van der Waals surface area (Å²) < 4.78 is 0. The maximum absolute atomic E-state index is 4.49. The monoisotopic (exact) mass is 217 g/mol. The van der Waals surface area contributed by atoms with Crippen LogP contribution in [0.3, 0.4) is 0 Å². The highest BCUT2D eigenvalue weighted by atomic mass is 14.7. The van der Waals surface area contributed by atoms with E-state index in [1.165, 1.54) is 31.4 Å². The van der Waals surface area contributed by atoms with Crippen LogP contribution in [0.4, 0.5) is 0 Å². The fourth-order valence-electron chi connectivity index (χ4n) is 2.87. The molecule has 0 N–H and O–H groups in total. The normalized spacial score (nSPS) is 26.7. The molecule has 0 bridgehead atoms. The number of pyridine rings is 1. The maximum Gasteiger partial charge on any atom is 0.0434 e. The molecule has 0 amide bonds. The number of aromatic nitrogens is 1. The molecular weight excluding hydrogens is 194 g/mol. The van der Waals surface area contributed by atoms with E-state index in [0.29, 0.717) is 11.3 Å². The third kappa shape index (κ3) is 2.63. The van der Waals surface area contributed by atoms with E-state index < -0.39 is 0 Å². The van der Waals surface area contributed by atoms with Crippen molar-refractivity contribution < 1.29 is 0 Å². The highest BCUT2D eigenvalue weighted by Crippen LogP contribution is 2.42. The molecule has 1 fully saturated rings. The van der Waals surface area contributed by atoms with Crippen LogP contribution in [0, 0.1) is 11.3 Å². The van der Waals surface area contributed by atoms with Gasteiger partial charge in [-0.25, -0.2) is 0 Å². The van der Waals surface area contributed by atoms with Gasteiger partial charge < -0.3 is 0 Å². The summed E-state index contributed by atoms with van der Waals surface area (Å²) in [5, 5.41) is 0. The average Bonchev–Trinajstić information content (AvgIpc) is 2.29. The van der Waals surface area contributed by atoms with Gasteiger partial charge in [0, 0.05) is 17.8 Å². The first-order chi connectivity index (χ1) is 7.57. The first-order valence-corrected chi connectivity index (χ1v) is 6.48. The van der Waals surface area contributed by atoms with Gasteiger partial charge in [0.2, 0.25) is 0 Å². The summed E-state index contributed by atoms with van der Waals surface area (Å²) in [5.41, 5.74) is 1.78. The van der Waals surface area contributed by atoms with Crippen molar-refractivity contribution in [2.24, 2.45) is 11.3 Å². The molecule has 0 aromatic carbocycles. The summed E-state index contributed by atoms with van der Waals surface area (Å²) in [7, 11) is 0. The zero-order valence-corrected chi connectivity index (χ0v) is 10.7. The Morgan fingerprint density at radius 1 is 1.06 bits per heavy atom. The summed E-state index contributed by atoms with van der Waals surface area (Å²) in [6.07, 6.45) is 7.29. The van der Waals surface area contributed by atoms with Gasteiger partial charge in [0.15, 0.2) is 0 Å². The molecule has 0 unspecified atom stereocenters. The lowest BCUT2D eigenvalue weighted by Crippen LogP contribution is -2.25. The van der Waals surface area contributed by atoms with Crippen molar-refractivity contribution in [2.45, 2.75) is 52.4 Å². The van der Waals surface area contributed by atoms with E-state index in [1.54, 1.807) is 0 Å². The highest BCUT2D eigenvalue weighted by molar-refractivity contribution is 5.10. The van der Waals surface area contributed by atoms with E-state index >= 15 is 0 Å². The predicted octanol–water partition coefficient (Wildman–Crippen LogP) is 4.40. The lowest BCUT2D eigenvalue weighted by Gasteiger charge is -2.36. The molecule has 1 heterocycles. The van der Waals surface area contributed by atoms with Gasteiger partial charge in [0.1, 0.15) is 0 Å². The van der Waals surface area contributed by atoms with Crippen molar-refractivity contribution in [1.82, 2.24) is 4.98 Å². The second-order valence-electron chi connectivity index (χ2n) is 6.17. The van der Waals surface area contributed by atoms with Gasteiger partial charge in [-0.1, -0.05) is 26.8 Å². The van der Waals surface area contributed by atoms with Gasteiger partial charge in [-0.2, -0.15) is 0 Å². The predicted molar refractivity (Wildman–Crippen MR) is 68.4 cm³/mol. The molecule has 0 saturated heterocycles. The third-order valence-corrected chi connectivity index (χ3v) is 4.06. The summed E-state index contributed by atoms with van der Waals surface area (Å²) >= 11 is 0. The third-order valence-electron chi connectivity index (χ3n) is 4.06. The minimum absolute atomic E-state index is 0.481. The summed E-state index contributed by atoms with van der Waals surface area (Å²) in [6, 6.07) is 6.30. The molecule has 2 rings (SSSR count). The average molecular weight is 217 g/mol. The van der Waals surface area contributed by atoms with Crippen molar-refractivity contribution in [3.8, 4) is 0 Å². The second-order valence-corrected chi connectivity index (χ2v) is 6.17. The van der Waals surface area contributed by atoms with E-state index in [1.807, 2.05) is 12.3 Å². The zero-order valence-electron chi connectivity index (χ0n) is 10.7. The van der Waals surface area contributed by atoms with Gasteiger partial charge in [-0.15, -0.1) is 0 Å². The molecule has 0 atom stereocenters. The van der Waals surface area contributed by atoms with Crippen molar-refractivity contribution in [1.29, 1.82) is 0 Å². The van der Waals surface area contributed by atoms with Crippen LogP contribution < -0.4 is 0 Å². The van der Waals surface area contributed by atoms with E-state index in [9.17, 15) is 0 Å². The van der Waals surface area contributed by atoms with Gasteiger partial charge in [-0.05, 0) is 49.1 Å². The molecule has 1 saturated carbocycles. The summed E-state index contributed by atoms with van der Waals surface area (Å²) in [6.45, 7) is 7.12. The van der Waals surface area contributed by atoms with Crippen LogP contribution in [0.25, 0.3) is 0 Å². The van der Waals surface area contributed by atoms with Crippen LogP contribution in [0.2, 0.25) is 0 Å². The van der Waals surface area contributed by atoms with Crippen LogP contribution in [0.15, 0.2) is 24.4 Å². The quantitative estimate of drug-likeness (QED) is 0.679. The molecule has 0 aliphatic heterocycles. The van der Waals surface area contributed by atoms with E-state index in [-0.39, 0.29) is 0 Å². The minimum Gasteiger partial charge on any atom is -0.261 e. The Morgan fingerprint density at radius 3 is 2.25 bits per heavy atom. The molecule has 16 heavy (non-hydrogen) atoms. The van der Waals surface area contributed by atoms with Gasteiger partial charge in [0.25, 0.3) is 0 Å². The molecule has 0 spiro atoms. The Bertz CT molecular complexity index is 315. The second kappa shape index (κ2) is 4.57. The van der Waals surface area contributed by atoms with Crippen molar-refractivity contribution in [3.63, 3.8) is 0 Å². The number of rotatable bonds is 1. The molecule has 1 aromatic rings. The Hall–Kier alpha value is -0.850. The first kappa shape index (κ1) is 11.6. The van der Waals surface area contributed by atoms with Crippen LogP contribution >= 0.6 is 0 Å². The van der Waals surface area contributed by atoms with Crippen molar-refractivity contribution >= 4 is 0 Å². The maximum atomic E-state index is 4.49. The molecule has 1 aliphatic rings. The van der Waals surface area contributed by atoms with E-state index in [2.05, 4.69) is 37.9 Å². The van der Waals surface area contributed by atoms with E-state index in [4.69, 9.17) is 0 Å². The van der Waals surface area contributed by atoms with E-state index in [0.717, 1.165) is 5.92 Å². The molecule has 1 aliphatic carbocycles. The molecule has 1 heteroatoms. The standard InChI is InChI=1S/C15H23N/c1-15(2,3)13-9-7-12(8-10-13)14-6-4-5-11-16-14/h4-6,11-13H,7-10H2,1-3H3. The Labute approximate surface area is 99.3 Å². The number of hydrogen-bond acceptors (Lipinski definition) is 1. The minimum atomic E-state index is 0.481. The van der Waals surface area contributed by atoms with Gasteiger partial charge >= 0.3 is 0 Å². The number of hydrogen-bond donors (Lipinski definition) is 0. The molecule has 88 valence electrons. The van der Waals surface area contributed by atoms with Crippen molar-refractivity contribution in [2.75, 3.05) is 0 Å². The Balaban J connectivity index is 1.96. The summed E-state index contributed by atoms with van der Waals surface area (Å²) in [4.78, 5) is 4.49. The fraction of sp³-hybridized carbons (Fsp3) is 0.667. The molecule has 1 aromatic heterocycles. The fourth-order valence-corrected chi connectivity index (χ4v) is 2.87. The molecular formula is C15H23N. The summed E-state index contributed by atoms with van der Waals surface area (Å²) in [5.74, 6) is 1.60. The van der Waals surface area contributed by atoms with Crippen LogP contribution in [-0.2, 0) is 0 Å². The van der Waals surface area contributed by atoms with Crippen LogP contribution in [-0.4, -0.2) is 4.98 Å². The Morgan fingerprint density at radius 2 is 1.75 bits per heavy atom. The van der Waals surface area contributed by atoms with Crippen molar-refractivity contribution in [3.05, 3.63) is 30.1 Å². The molecule has 1 nitrogen and oxygen atoms in total. The number of nitrogens with zero attached hydrogens (tertiary/aromatic N) is 1.